The number of amides is 1. The van der Waals surface area contributed by atoms with Crippen molar-refractivity contribution in [2.75, 3.05) is 13.1 Å². The van der Waals surface area contributed by atoms with Gasteiger partial charge in [0.05, 0.1) is 17.0 Å². The zero-order valence-corrected chi connectivity index (χ0v) is 14.2. The molecule has 25 heavy (non-hydrogen) atoms. The zero-order chi connectivity index (χ0) is 17.4. The molecule has 4 nitrogen and oxygen atoms in total. The summed E-state index contributed by atoms with van der Waals surface area (Å²) in [4.78, 5) is 19.3. The average Bonchev–Trinajstić information content (AvgIpc) is 2.97. The topological polar surface area (TPSA) is 37.6 Å². The van der Waals surface area contributed by atoms with Gasteiger partial charge in [0.2, 0.25) is 0 Å². The highest BCUT2D eigenvalue weighted by atomic mass is 19.1. The van der Waals surface area contributed by atoms with Gasteiger partial charge in [0.1, 0.15) is 11.5 Å². The molecule has 0 spiro atoms. The number of rotatable bonds is 2. The largest absolute Gasteiger partial charge is 0.339 e. The van der Waals surface area contributed by atoms with E-state index in [1.54, 1.807) is 12.1 Å². The molecule has 0 radical (unpaired) electrons. The highest BCUT2D eigenvalue weighted by molar-refractivity contribution is 5.94. The molecule has 1 aliphatic rings. The number of fused-ring (bicyclic) bond motifs is 1. The summed E-state index contributed by atoms with van der Waals surface area (Å²) in [7, 11) is 0. The molecule has 5 heteroatoms. The summed E-state index contributed by atoms with van der Waals surface area (Å²) in [6.45, 7) is 3.58. The van der Waals surface area contributed by atoms with E-state index in [1.165, 1.54) is 18.6 Å². The molecule has 128 valence electrons. The second-order valence-corrected chi connectivity index (χ2v) is 6.55. The molecule has 1 saturated heterocycles. The van der Waals surface area contributed by atoms with Crippen LogP contribution >= 0.6 is 0 Å². The standard InChI is InChI=1S/C20H20FN3O/c1-14-19(15-5-8-17(21)9-6-15)24-13-16(7-10-18(24)22-14)20(25)23-11-3-2-4-12-23/h5-10,13H,2-4,11-12H2,1H3. The van der Waals surface area contributed by atoms with Crippen LogP contribution in [0, 0.1) is 12.7 Å². The van der Waals surface area contributed by atoms with Crippen LogP contribution in [0.2, 0.25) is 0 Å². The fourth-order valence-corrected chi connectivity index (χ4v) is 3.52. The van der Waals surface area contributed by atoms with Gasteiger partial charge in [0, 0.05) is 24.8 Å². The molecule has 0 aliphatic carbocycles. The van der Waals surface area contributed by atoms with Gasteiger partial charge in [-0.05, 0) is 62.6 Å². The van der Waals surface area contributed by atoms with Gasteiger partial charge in [-0.2, -0.15) is 0 Å². The predicted molar refractivity (Wildman–Crippen MR) is 95.1 cm³/mol. The lowest BCUT2D eigenvalue weighted by atomic mass is 10.1. The van der Waals surface area contributed by atoms with E-state index in [1.807, 2.05) is 34.6 Å². The zero-order valence-electron chi connectivity index (χ0n) is 14.2. The average molecular weight is 337 g/mol. The van der Waals surface area contributed by atoms with Gasteiger partial charge < -0.3 is 4.90 Å². The Balaban J connectivity index is 1.78. The van der Waals surface area contributed by atoms with Gasteiger partial charge in [-0.3, -0.25) is 9.20 Å². The van der Waals surface area contributed by atoms with Gasteiger partial charge in [-0.25, -0.2) is 9.37 Å². The van der Waals surface area contributed by atoms with Crippen LogP contribution in [0.5, 0.6) is 0 Å². The van der Waals surface area contributed by atoms with Gasteiger partial charge in [-0.1, -0.05) is 0 Å². The maximum absolute atomic E-state index is 13.2. The Morgan fingerprint density at radius 2 is 1.76 bits per heavy atom. The Kier molecular flexibility index (Phi) is 3.99. The van der Waals surface area contributed by atoms with E-state index < -0.39 is 0 Å². The van der Waals surface area contributed by atoms with E-state index in [4.69, 9.17) is 0 Å². The monoisotopic (exact) mass is 337 g/mol. The van der Waals surface area contributed by atoms with Crippen LogP contribution in [0.15, 0.2) is 42.6 Å². The quantitative estimate of drug-likeness (QED) is 0.707. The molecule has 0 bridgehead atoms. The Morgan fingerprint density at radius 3 is 2.48 bits per heavy atom. The van der Waals surface area contributed by atoms with Crippen LogP contribution in [0.1, 0.15) is 35.3 Å². The van der Waals surface area contributed by atoms with E-state index >= 15 is 0 Å². The van der Waals surface area contributed by atoms with Crippen molar-refractivity contribution in [2.24, 2.45) is 0 Å². The number of aromatic nitrogens is 2. The van der Waals surface area contributed by atoms with Crippen LogP contribution in [-0.2, 0) is 0 Å². The number of pyridine rings is 1. The highest BCUT2D eigenvalue weighted by Gasteiger charge is 2.20. The lowest BCUT2D eigenvalue weighted by Gasteiger charge is -2.26. The number of halogens is 1. The molecule has 0 saturated carbocycles. The van der Waals surface area contributed by atoms with Crippen LogP contribution in [0.3, 0.4) is 0 Å². The maximum atomic E-state index is 13.2. The second-order valence-electron chi connectivity index (χ2n) is 6.55. The smallest absolute Gasteiger partial charge is 0.255 e. The van der Waals surface area contributed by atoms with Gasteiger partial charge in [0.15, 0.2) is 0 Å². The maximum Gasteiger partial charge on any atom is 0.255 e. The van der Waals surface area contributed by atoms with E-state index in [-0.39, 0.29) is 11.7 Å². The van der Waals surface area contributed by atoms with Crippen LogP contribution in [0.25, 0.3) is 16.9 Å². The summed E-state index contributed by atoms with van der Waals surface area (Å²) < 4.78 is 15.2. The van der Waals surface area contributed by atoms with Crippen molar-refractivity contribution in [3.8, 4) is 11.3 Å². The molecule has 1 amide bonds. The Morgan fingerprint density at radius 1 is 1.04 bits per heavy atom. The number of nitrogens with zero attached hydrogens (tertiary/aromatic N) is 3. The summed E-state index contributed by atoms with van der Waals surface area (Å²) in [5, 5.41) is 0. The normalized spacial score (nSPS) is 14.9. The number of benzene rings is 1. The van der Waals surface area contributed by atoms with E-state index in [2.05, 4.69) is 4.98 Å². The third kappa shape index (κ3) is 2.90. The second kappa shape index (κ2) is 6.31. The number of carbonyl (C=O) groups excluding carboxylic acids is 1. The van der Waals surface area contributed by atoms with Gasteiger partial charge >= 0.3 is 0 Å². The Hall–Kier alpha value is -2.69. The SMILES string of the molecule is Cc1nc2ccc(C(=O)N3CCCCC3)cn2c1-c1ccc(F)cc1. The first-order chi connectivity index (χ1) is 12.1. The molecule has 0 unspecified atom stereocenters. The van der Waals surface area contributed by atoms with Crippen molar-refractivity contribution in [3.63, 3.8) is 0 Å². The van der Waals surface area contributed by atoms with Crippen molar-refractivity contribution in [3.05, 3.63) is 59.7 Å². The fraction of sp³-hybridized carbons (Fsp3) is 0.300. The molecule has 4 rings (SSSR count). The summed E-state index contributed by atoms with van der Waals surface area (Å²) in [5.41, 5.74) is 4.08. The molecule has 0 N–H and O–H groups in total. The first-order valence-electron chi connectivity index (χ1n) is 8.67. The van der Waals surface area contributed by atoms with Crippen LogP contribution in [-0.4, -0.2) is 33.3 Å². The first kappa shape index (κ1) is 15.8. The minimum Gasteiger partial charge on any atom is -0.339 e. The van der Waals surface area contributed by atoms with Gasteiger partial charge in [-0.15, -0.1) is 0 Å². The van der Waals surface area contributed by atoms with E-state index in [0.29, 0.717) is 5.56 Å². The number of likely N-dealkylation sites (tertiary alicyclic amines) is 1. The fourth-order valence-electron chi connectivity index (χ4n) is 3.52. The molecular formula is C20H20FN3O. The number of imidazole rings is 1. The molecule has 3 heterocycles. The summed E-state index contributed by atoms with van der Waals surface area (Å²) in [6.07, 6.45) is 5.18. The molecule has 3 aromatic rings. The lowest BCUT2D eigenvalue weighted by Crippen LogP contribution is -2.35. The first-order valence-corrected chi connectivity index (χ1v) is 8.67. The van der Waals surface area contributed by atoms with Crippen molar-refractivity contribution in [1.29, 1.82) is 0 Å². The summed E-state index contributed by atoms with van der Waals surface area (Å²) >= 11 is 0. The minimum absolute atomic E-state index is 0.0676. The lowest BCUT2D eigenvalue weighted by molar-refractivity contribution is 0.0724. The summed E-state index contributed by atoms with van der Waals surface area (Å²) in [6, 6.07) is 10.1. The number of piperidine rings is 1. The van der Waals surface area contributed by atoms with Crippen molar-refractivity contribution < 1.29 is 9.18 Å². The number of aryl methyl sites for hydroxylation is 1. The van der Waals surface area contributed by atoms with Crippen molar-refractivity contribution in [1.82, 2.24) is 14.3 Å². The van der Waals surface area contributed by atoms with Crippen molar-refractivity contribution in [2.45, 2.75) is 26.2 Å². The number of carbonyl (C=O) groups is 1. The molecule has 1 aromatic carbocycles. The Labute approximate surface area is 145 Å². The number of hydrogen-bond acceptors (Lipinski definition) is 2. The third-order valence-electron chi connectivity index (χ3n) is 4.80. The third-order valence-corrected chi connectivity index (χ3v) is 4.80. The van der Waals surface area contributed by atoms with Gasteiger partial charge in [0.25, 0.3) is 5.91 Å². The summed E-state index contributed by atoms with van der Waals surface area (Å²) in [5.74, 6) is -0.200. The molecule has 0 atom stereocenters. The van der Waals surface area contributed by atoms with E-state index in [0.717, 1.165) is 48.5 Å². The predicted octanol–water partition coefficient (Wildman–Crippen LogP) is 4.07. The molecule has 1 aliphatic heterocycles. The minimum atomic E-state index is -0.267. The van der Waals surface area contributed by atoms with E-state index in [9.17, 15) is 9.18 Å². The van der Waals surface area contributed by atoms with Crippen molar-refractivity contribution >= 4 is 11.6 Å². The highest BCUT2D eigenvalue weighted by Crippen LogP contribution is 2.26. The number of hydrogen-bond donors (Lipinski definition) is 0. The molecular weight excluding hydrogens is 317 g/mol. The van der Waals surface area contributed by atoms with Crippen LogP contribution in [0.4, 0.5) is 4.39 Å². The molecule has 2 aromatic heterocycles. The Bertz CT molecular complexity index is 924. The molecule has 1 fully saturated rings. The van der Waals surface area contributed by atoms with Crippen LogP contribution < -0.4 is 0 Å².